The molecule has 2 heterocycles. The molecule has 33 heavy (non-hydrogen) atoms. The number of rotatable bonds is 5. The first-order valence-corrected chi connectivity index (χ1v) is 12.4. The highest BCUT2D eigenvalue weighted by Gasteiger charge is 2.41. The van der Waals surface area contributed by atoms with Crippen molar-refractivity contribution in [2.24, 2.45) is 0 Å². The van der Waals surface area contributed by atoms with Crippen molar-refractivity contribution >= 4 is 43.9 Å². The summed E-state index contributed by atoms with van der Waals surface area (Å²) >= 11 is 7.04. The molecular weight excluding hydrogens is 556 g/mol. The molecule has 1 unspecified atom stereocenters. The number of amides is 2. The van der Waals surface area contributed by atoms with E-state index in [-0.39, 0.29) is 25.2 Å². The number of hydrogen-bond donors (Lipinski definition) is 1. The molecule has 1 atom stereocenters. The summed E-state index contributed by atoms with van der Waals surface area (Å²) in [5.41, 5.74) is 1.52. The topological polar surface area (TPSA) is 79.3 Å². The van der Waals surface area contributed by atoms with E-state index in [1.807, 2.05) is 50.4 Å². The third-order valence-electron chi connectivity index (χ3n) is 6.81. The Labute approximate surface area is 209 Å². The van der Waals surface area contributed by atoms with Crippen molar-refractivity contribution < 1.29 is 24.2 Å². The van der Waals surface area contributed by atoms with Crippen molar-refractivity contribution in [2.45, 2.75) is 37.6 Å². The number of likely N-dealkylation sites (tertiary alicyclic amines) is 1. The Kier molecular flexibility index (Phi) is 6.91. The Hall–Kier alpha value is -2.26. The Morgan fingerprint density at radius 2 is 1.73 bits per heavy atom. The average Bonchev–Trinajstić information content (AvgIpc) is 3.25. The lowest BCUT2D eigenvalue weighted by Crippen LogP contribution is -2.47. The van der Waals surface area contributed by atoms with E-state index in [1.54, 1.807) is 4.90 Å². The molecule has 9 heteroatoms. The number of carbonyl (C=O) groups excluding carboxylic acids is 1. The molecule has 7 nitrogen and oxygen atoms in total. The van der Waals surface area contributed by atoms with Crippen molar-refractivity contribution in [3.8, 4) is 11.5 Å². The average molecular weight is 582 g/mol. The van der Waals surface area contributed by atoms with Gasteiger partial charge in [0.2, 0.25) is 12.7 Å². The van der Waals surface area contributed by atoms with Gasteiger partial charge in [-0.1, -0.05) is 37.9 Å². The largest absolute Gasteiger partial charge is 0.465 e. The van der Waals surface area contributed by atoms with Gasteiger partial charge in [0.1, 0.15) is 0 Å². The lowest BCUT2D eigenvalue weighted by molar-refractivity contribution is -0.133. The van der Waals surface area contributed by atoms with Crippen LogP contribution in [-0.2, 0) is 10.2 Å². The van der Waals surface area contributed by atoms with E-state index >= 15 is 0 Å². The standard InChI is InChI=1S/C24H26Br2N2O5/c1-15(16-9-18(25)12-19(26)10-16)27(2)22(29)13-24(5-7-28(8-6-24)23(30)31)17-3-4-20-21(11-17)33-14-32-20/h3-4,9-12,15H,5-8,13-14H2,1-2H3,(H,30,31). The number of piperidine rings is 1. The quantitative estimate of drug-likeness (QED) is 0.500. The van der Waals surface area contributed by atoms with E-state index in [4.69, 9.17) is 9.47 Å². The fraction of sp³-hybridized carbons (Fsp3) is 0.417. The molecule has 1 fully saturated rings. The maximum atomic E-state index is 13.5. The summed E-state index contributed by atoms with van der Waals surface area (Å²) in [6.45, 7) is 2.95. The summed E-state index contributed by atoms with van der Waals surface area (Å²) in [5, 5.41) is 9.43. The number of hydrogen-bond acceptors (Lipinski definition) is 4. The summed E-state index contributed by atoms with van der Waals surface area (Å²) in [6.07, 6.45) is 0.493. The summed E-state index contributed by atoms with van der Waals surface area (Å²) in [4.78, 5) is 28.2. The first-order valence-electron chi connectivity index (χ1n) is 10.8. The number of ether oxygens (including phenoxy) is 2. The maximum Gasteiger partial charge on any atom is 0.407 e. The molecule has 0 saturated carbocycles. The van der Waals surface area contributed by atoms with Gasteiger partial charge in [-0.15, -0.1) is 0 Å². The molecule has 0 aromatic heterocycles. The van der Waals surface area contributed by atoms with Crippen LogP contribution >= 0.6 is 31.9 Å². The first-order chi connectivity index (χ1) is 15.7. The van der Waals surface area contributed by atoms with Gasteiger partial charge in [0.15, 0.2) is 11.5 Å². The zero-order chi connectivity index (χ0) is 23.8. The van der Waals surface area contributed by atoms with Crippen molar-refractivity contribution in [3.05, 3.63) is 56.5 Å². The molecule has 4 rings (SSSR count). The van der Waals surface area contributed by atoms with Gasteiger partial charge in [0.05, 0.1) is 6.04 Å². The summed E-state index contributed by atoms with van der Waals surface area (Å²) in [5.74, 6) is 1.37. The van der Waals surface area contributed by atoms with Crippen LogP contribution in [0, 0.1) is 0 Å². The molecule has 2 amide bonds. The maximum absolute atomic E-state index is 13.5. The monoisotopic (exact) mass is 580 g/mol. The lowest BCUT2D eigenvalue weighted by Gasteiger charge is -2.42. The molecule has 0 radical (unpaired) electrons. The minimum Gasteiger partial charge on any atom is -0.465 e. The van der Waals surface area contributed by atoms with Crippen LogP contribution in [0.2, 0.25) is 0 Å². The molecule has 176 valence electrons. The second kappa shape index (κ2) is 9.54. The molecular formula is C24H26Br2N2O5. The van der Waals surface area contributed by atoms with Gasteiger partial charge in [-0.2, -0.15) is 0 Å². The van der Waals surface area contributed by atoms with E-state index in [1.165, 1.54) is 4.90 Å². The second-order valence-electron chi connectivity index (χ2n) is 8.68. The zero-order valence-corrected chi connectivity index (χ0v) is 21.7. The third-order valence-corrected chi connectivity index (χ3v) is 7.72. The lowest BCUT2D eigenvalue weighted by atomic mass is 9.70. The van der Waals surface area contributed by atoms with Gasteiger partial charge in [0.25, 0.3) is 0 Å². The molecule has 2 aliphatic rings. The predicted molar refractivity (Wildman–Crippen MR) is 131 cm³/mol. The van der Waals surface area contributed by atoms with Crippen LogP contribution in [-0.4, -0.2) is 53.8 Å². The van der Waals surface area contributed by atoms with Crippen molar-refractivity contribution in [2.75, 3.05) is 26.9 Å². The molecule has 0 aliphatic carbocycles. The molecule has 2 aromatic rings. The second-order valence-corrected chi connectivity index (χ2v) is 10.5. The SMILES string of the molecule is CC(c1cc(Br)cc(Br)c1)N(C)C(=O)CC1(c2ccc3c(c2)OCO3)CCN(C(=O)O)CC1. The van der Waals surface area contributed by atoms with Gasteiger partial charge in [-0.05, 0) is 61.2 Å². The van der Waals surface area contributed by atoms with Crippen LogP contribution in [0.3, 0.4) is 0 Å². The van der Waals surface area contributed by atoms with Gasteiger partial charge in [-0.25, -0.2) is 4.79 Å². The number of fused-ring (bicyclic) bond motifs is 1. The molecule has 1 saturated heterocycles. The van der Waals surface area contributed by atoms with Crippen molar-refractivity contribution in [1.29, 1.82) is 0 Å². The molecule has 2 aliphatic heterocycles. The van der Waals surface area contributed by atoms with Crippen LogP contribution < -0.4 is 9.47 Å². The molecule has 0 bridgehead atoms. The number of carboxylic acid groups (broad SMARTS) is 1. The fourth-order valence-corrected chi connectivity index (χ4v) is 5.92. The Bertz CT molecular complexity index is 1050. The predicted octanol–water partition coefficient (Wildman–Crippen LogP) is 5.56. The van der Waals surface area contributed by atoms with E-state index in [0.717, 1.165) is 20.1 Å². The van der Waals surface area contributed by atoms with E-state index < -0.39 is 11.5 Å². The highest BCUT2D eigenvalue weighted by Crippen LogP contribution is 2.44. The van der Waals surface area contributed by atoms with Gasteiger partial charge in [-0.3, -0.25) is 4.79 Å². The number of benzene rings is 2. The van der Waals surface area contributed by atoms with E-state index in [9.17, 15) is 14.7 Å². The van der Waals surface area contributed by atoms with Crippen LogP contribution in [0.25, 0.3) is 0 Å². The van der Waals surface area contributed by atoms with Crippen molar-refractivity contribution in [3.63, 3.8) is 0 Å². The van der Waals surface area contributed by atoms with E-state index in [2.05, 4.69) is 31.9 Å². The highest BCUT2D eigenvalue weighted by atomic mass is 79.9. The van der Waals surface area contributed by atoms with Crippen LogP contribution in [0.15, 0.2) is 45.3 Å². The number of nitrogens with zero attached hydrogens (tertiary/aromatic N) is 2. The normalized spacial score (nSPS) is 17.5. The minimum absolute atomic E-state index is 0.0139. The highest BCUT2D eigenvalue weighted by molar-refractivity contribution is 9.11. The van der Waals surface area contributed by atoms with Crippen LogP contribution in [0.5, 0.6) is 11.5 Å². The van der Waals surface area contributed by atoms with Crippen molar-refractivity contribution in [1.82, 2.24) is 9.80 Å². The Morgan fingerprint density at radius 3 is 2.36 bits per heavy atom. The van der Waals surface area contributed by atoms with Crippen LogP contribution in [0.1, 0.15) is 43.4 Å². The van der Waals surface area contributed by atoms with E-state index in [0.29, 0.717) is 37.4 Å². The fourth-order valence-electron chi connectivity index (χ4n) is 4.59. The summed E-state index contributed by atoms with van der Waals surface area (Å²) < 4.78 is 12.9. The minimum atomic E-state index is -0.924. The summed E-state index contributed by atoms with van der Waals surface area (Å²) in [7, 11) is 1.82. The Balaban J connectivity index is 1.59. The smallest absolute Gasteiger partial charge is 0.407 e. The molecule has 1 N–H and O–H groups in total. The molecule has 2 aromatic carbocycles. The first kappa shape index (κ1) is 23.9. The number of halogens is 2. The van der Waals surface area contributed by atoms with Gasteiger partial charge < -0.3 is 24.4 Å². The molecule has 0 spiro atoms. The van der Waals surface area contributed by atoms with Gasteiger partial charge >= 0.3 is 6.09 Å². The van der Waals surface area contributed by atoms with Gasteiger partial charge in [0, 0.05) is 40.9 Å². The number of carbonyl (C=O) groups is 2. The third kappa shape index (κ3) is 4.99. The van der Waals surface area contributed by atoms with Crippen LogP contribution in [0.4, 0.5) is 4.79 Å². The zero-order valence-electron chi connectivity index (χ0n) is 18.5. The Morgan fingerprint density at radius 1 is 1.09 bits per heavy atom. The summed E-state index contributed by atoms with van der Waals surface area (Å²) in [6, 6.07) is 11.7.